The van der Waals surface area contributed by atoms with E-state index in [2.05, 4.69) is 43.5 Å². The molecule has 82 heavy (non-hydrogen) atoms. The van der Waals surface area contributed by atoms with Gasteiger partial charge in [0.1, 0.15) is 55.1 Å². The molecule has 5 aromatic heterocycles. The van der Waals surface area contributed by atoms with Crippen LogP contribution in [0.15, 0.2) is 39.6 Å². The summed E-state index contributed by atoms with van der Waals surface area (Å²) in [6, 6.07) is 0. The minimum absolute atomic E-state index is 0.000603. The number of rotatable bonds is 21. The Balaban J connectivity index is 0.890. The monoisotopic (exact) mass is 1260 g/mol. The summed E-state index contributed by atoms with van der Waals surface area (Å²) in [4.78, 5) is 111. The van der Waals surface area contributed by atoms with E-state index < -0.39 is 147 Å². The Morgan fingerprint density at radius 3 is 2.16 bits per heavy atom. The SMILES string of the molecule is CO[C@@H]1[C@H](OP([O-])(=S)OC[C@H]2O[C@@H](n3cnc4c(=O)[nH]c(N)nc43)[C@H](O)[C@@H]2O)[C@@H](COP(=O)(O)OP(=O)(O)OP(=O)(O)OC[C@H]2O[C@@H]([n+]3cn(C)c4c(=O)[nH]c(N)nc43)[C@H](O)C2CC(=O)N(C)C)O[C@H]1n1cnc2c1N=CCCC=C2N. The van der Waals surface area contributed by atoms with Gasteiger partial charge in [0, 0.05) is 39.8 Å². The lowest BCUT2D eigenvalue weighted by Gasteiger charge is -2.34. The van der Waals surface area contributed by atoms with Crippen LogP contribution in [-0.2, 0) is 83.0 Å². The van der Waals surface area contributed by atoms with Gasteiger partial charge in [0.2, 0.25) is 23.6 Å². The van der Waals surface area contributed by atoms with Crippen LogP contribution >= 0.6 is 30.2 Å². The second-order valence-corrected chi connectivity index (χ2v) is 26.2. The maximum atomic E-state index is 14.1. The summed E-state index contributed by atoms with van der Waals surface area (Å²) >= 11 is 5.23. The fraction of sp³-hybridized carbons (Fsp3) is 0.564. The first-order valence-corrected chi connectivity index (χ1v) is 31.1. The summed E-state index contributed by atoms with van der Waals surface area (Å²) in [5.41, 5.74) is 16.4. The topological polar surface area (TPSA) is 535 Å². The van der Waals surface area contributed by atoms with Gasteiger partial charge in [0.25, 0.3) is 17.1 Å². The number of nitrogens with one attached hydrogen (secondary N) is 2. The minimum atomic E-state index is -6.22. The average molecular weight is 1260 g/mol. The zero-order valence-electron chi connectivity index (χ0n) is 43.1. The highest BCUT2D eigenvalue weighted by atomic mass is 32.5. The number of nitrogen functional groups attached to an aromatic ring is 2. The van der Waals surface area contributed by atoms with Gasteiger partial charge in [-0.25, -0.2) is 33.2 Å². The van der Waals surface area contributed by atoms with Gasteiger partial charge < -0.3 is 85.0 Å². The molecule has 1 amide bonds. The van der Waals surface area contributed by atoms with Gasteiger partial charge in [-0.05, 0) is 12.8 Å². The molecular formula is C39H55N15O23P4S. The molecule has 14 N–H and O–H groups in total. The normalized spacial score (nSPS) is 29.6. The molecule has 5 aromatic rings. The molecule has 16 atom stereocenters. The quantitative estimate of drug-likeness (QED) is 0.0254. The van der Waals surface area contributed by atoms with Gasteiger partial charge in [0.15, 0.2) is 35.8 Å². The van der Waals surface area contributed by atoms with E-state index in [0.29, 0.717) is 12.8 Å². The fourth-order valence-electron chi connectivity index (χ4n) is 9.38. The van der Waals surface area contributed by atoms with E-state index in [1.165, 1.54) is 52.4 Å². The van der Waals surface area contributed by atoms with E-state index in [1.807, 2.05) is 0 Å². The lowest BCUT2D eigenvalue weighted by molar-refractivity contribution is -0.745. The van der Waals surface area contributed by atoms with Crippen LogP contribution in [0.5, 0.6) is 0 Å². The van der Waals surface area contributed by atoms with Crippen LogP contribution in [0.3, 0.4) is 0 Å². The van der Waals surface area contributed by atoms with Gasteiger partial charge in [-0.1, -0.05) is 22.9 Å². The first-order valence-electron chi connectivity index (χ1n) is 24.1. The van der Waals surface area contributed by atoms with Crippen LogP contribution in [0.2, 0.25) is 0 Å². The second kappa shape index (κ2) is 23.7. The zero-order valence-corrected chi connectivity index (χ0v) is 47.5. The molecule has 0 radical (unpaired) electrons. The van der Waals surface area contributed by atoms with E-state index >= 15 is 0 Å². The number of aliphatic hydroxyl groups is 3. The Hall–Kier alpha value is -5.15. The van der Waals surface area contributed by atoms with E-state index in [0.717, 1.165) is 18.0 Å². The Kier molecular flexibility index (Phi) is 17.8. The maximum Gasteiger partial charge on any atom is 0.490 e. The van der Waals surface area contributed by atoms with Crippen molar-refractivity contribution in [3.05, 3.63) is 51.5 Å². The number of aryl methyl sites for hydroxylation is 1. The molecule has 5 unspecified atom stereocenters. The number of methoxy groups -OCH3 is 1. The highest BCUT2D eigenvalue weighted by Crippen LogP contribution is 2.68. The molecule has 38 nitrogen and oxygen atoms in total. The molecular weight excluding hydrogens is 1200 g/mol. The molecule has 4 aliphatic heterocycles. The third-order valence-electron chi connectivity index (χ3n) is 13.2. The minimum Gasteiger partial charge on any atom is -0.780 e. The molecule has 3 saturated heterocycles. The van der Waals surface area contributed by atoms with Crippen molar-refractivity contribution in [2.24, 2.45) is 23.7 Å². The van der Waals surface area contributed by atoms with Crippen LogP contribution in [0.25, 0.3) is 28.0 Å². The number of ether oxygens (including phenoxy) is 4. The number of hydrogen-bond donors (Lipinski definition) is 11. The highest BCUT2D eigenvalue weighted by Gasteiger charge is 2.53. The summed E-state index contributed by atoms with van der Waals surface area (Å²) in [6.07, 6.45) is -9.84. The first-order chi connectivity index (χ1) is 38.5. The van der Waals surface area contributed by atoms with E-state index in [-0.39, 0.29) is 51.4 Å². The average Bonchev–Trinajstić information content (AvgIpc) is 2.65. The number of carbonyl (C=O) groups is 1. The number of fused-ring (bicyclic) bond motifs is 3. The zero-order chi connectivity index (χ0) is 59.5. The number of aromatic nitrogens is 10. The number of aromatic amines is 2. The number of aliphatic hydroxyl groups excluding tert-OH is 3. The molecule has 4 aliphatic rings. The number of phosphoric acid groups is 3. The summed E-state index contributed by atoms with van der Waals surface area (Å²) in [6.45, 7) is -7.96. The van der Waals surface area contributed by atoms with Crippen molar-refractivity contribution < 1.29 is 104 Å². The largest absolute Gasteiger partial charge is 0.780 e. The standard InChI is InChI=1S/C39H55N15O23P4S/c1-50(2)21(55)9-16-18(72-35(25(16)56)54-15-51(3)24-32(54)47-39(42)49-34(24)60)10-69-78(61,62)76-80(65,66)77-79(63,64)70-12-20-28(29(68-4)37(74-20)52-13-44-22-17(40)7-5-6-8-43-30(22)52)75-81(67,82)71-11-19-26(57)27(58)36(73-19)53-14-45-23-31(53)46-38(41)48-33(23)59/h7-8,13-16,18-20,25-29,35-37,56-58H,5-6,9-12,40H2,1-4H3,(H9-,41,42,46,47,48,49,59,60,61,62,63,64,65,66,67,82)/t16?,18-,19-,20-,25-,26-,27-,28-,29-,35-,36-,37-,81?/m1/s1. The number of nitrogens with zero attached hydrogens (tertiary/aromatic N) is 10. The Morgan fingerprint density at radius 1 is 0.841 bits per heavy atom. The van der Waals surface area contributed by atoms with Gasteiger partial charge in [-0.15, -0.1) is 0 Å². The molecule has 9 rings (SSSR count). The molecule has 43 heteroatoms. The Bertz CT molecular complexity index is 3630. The van der Waals surface area contributed by atoms with Crippen molar-refractivity contribution in [2.75, 3.05) is 52.5 Å². The van der Waals surface area contributed by atoms with E-state index in [4.69, 9.17) is 66.1 Å². The lowest BCUT2D eigenvalue weighted by atomic mass is 9.94. The molecule has 0 saturated carbocycles. The molecule has 0 aromatic carbocycles. The third kappa shape index (κ3) is 12.9. The van der Waals surface area contributed by atoms with E-state index in [9.17, 15) is 63.0 Å². The number of phosphoric ester groups is 2. The lowest BCUT2D eigenvalue weighted by Crippen LogP contribution is -2.45. The number of H-pyrrole nitrogens is 2. The summed E-state index contributed by atoms with van der Waals surface area (Å²) in [5, 5.41) is 33.5. The van der Waals surface area contributed by atoms with Gasteiger partial charge >= 0.3 is 29.1 Å². The fourth-order valence-corrected chi connectivity index (χ4v) is 14.3. The van der Waals surface area contributed by atoms with Crippen LogP contribution in [0, 0.1) is 5.92 Å². The Morgan fingerprint density at radius 2 is 1.48 bits per heavy atom. The van der Waals surface area contributed by atoms with Crippen molar-refractivity contribution in [2.45, 2.75) is 86.8 Å². The molecule has 0 bridgehead atoms. The molecule has 3 fully saturated rings. The maximum absolute atomic E-state index is 14.1. The molecule has 450 valence electrons. The summed E-state index contributed by atoms with van der Waals surface area (Å²) < 4.78 is 98.6. The molecule has 0 aliphatic carbocycles. The van der Waals surface area contributed by atoms with Crippen molar-refractivity contribution in [1.82, 2.24) is 48.5 Å². The van der Waals surface area contributed by atoms with Gasteiger partial charge in [-0.2, -0.15) is 13.6 Å². The number of hydrogen-bond acceptors (Lipinski definition) is 29. The number of nitrogens with two attached hydrogens (primary N) is 3. The molecule has 0 spiro atoms. The van der Waals surface area contributed by atoms with Crippen molar-refractivity contribution in [3.8, 4) is 0 Å². The number of aliphatic imine (C=N–C) groups is 1. The number of allylic oxidation sites excluding steroid dienone is 1. The van der Waals surface area contributed by atoms with Crippen molar-refractivity contribution in [1.29, 1.82) is 0 Å². The van der Waals surface area contributed by atoms with Crippen LogP contribution in [0.1, 0.15) is 43.6 Å². The second-order valence-electron chi connectivity index (χ2n) is 18.9. The smallest absolute Gasteiger partial charge is 0.490 e. The van der Waals surface area contributed by atoms with Crippen molar-refractivity contribution in [3.63, 3.8) is 0 Å². The van der Waals surface area contributed by atoms with Gasteiger partial charge in [0.05, 0.1) is 51.3 Å². The Labute approximate surface area is 465 Å². The highest BCUT2D eigenvalue weighted by molar-refractivity contribution is 8.06. The number of anilines is 2. The van der Waals surface area contributed by atoms with Crippen molar-refractivity contribution >= 4 is 99.9 Å². The van der Waals surface area contributed by atoms with Crippen LogP contribution < -0.4 is 37.8 Å². The van der Waals surface area contributed by atoms with Crippen LogP contribution in [0.4, 0.5) is 17.7 Å². The summed E-state index contributed by atoms with van der Waals surface area (Å²) in [5.74, 6) is -2.24. The van der Waals surface area contributed by atoms with Crippen LogP contribution in [-0.4, -0.2) is 180 Å². The number of amides is 1. The summed E-state index contributed by atoms with van der Waals surface area (Å²) in [7, 11) is -12.6. The predicted octanol–water partition coefficient (Wildman–Crippen LogP) is -3.22. The third-order valence-corrected chi connectivity index (χ3v) is 19.0. The number of carbonyl (C=O) groups excluding carboxylic acids is 1. The van der Waals surface area contributed by atoms with E-state index in [1.54, 1.807) is 12.3 Å². The first kappa shape index (κ1) is 61.4. The number of imidazole rings is 3. The van der Waals surface area contributed by atoms with Gasteiger partial charge in [-0.3, -0.25) is 47.1 Å². The predicted molar refractivity (Wildman–Crippen MR) is 276 cm³/mol. The molecule has 9 heterocycles.